The molecule has 212 valence electrons. The normalized spacial score (nSPS) is 11.9. The Morgan fingerprint density at radius 1 is 0.514 bits per heavy atom. The van der Waals surface area contributed by atoms with Gasteiger partial charge in [0.1, 0.15) is 0 Å². The van der Waals surface area contributed by atoms with Crippen LogP contribution in [0.5, 0.6) is 0 Å². The molecule has 0 amide bonds. The minimum absolute atomic E-state index is 0.343. The van der Waals surface area contributed by atoms with E-state index in [9.17, 15) is 4.79 Å². The summed E-state index contributed by atoms with van der Waals surface area (Å²) >= 11 is 0. The van der Waals surface area contributed by atoms with E-state index in [1.165, 1.54) is 141 Å². The Morgan fingerprint density at radius 2 is 0.800 bits per heavy atom. The SMILES string of the molecule is CCCCCCCCCC(CCCCCCCC)N(C)C.CCCCCCCCCCCC(=O)O. The molecule has 0 aliphatic heterocycles. The van der Waals surface area contributed by atoms with E-state index in [-0.39, 0.29) is 0 Å². The van der Waals surface area contributed by atoms with Crippen LogP contribution in [0.25, 0.3) is 0 Å². The average Bonchev–Trinajstić information content (AvgIpc) is 2.83. The monoisotopic (exact) mass is 498 g/mol. The molecule has 0 fully saturated rings. The number of unbranched alkanes of at least 4 members (excludes halogenated alkanes) is 19. The van der Waals surface area contributed by atoms with Gasteiger partial charge in [-0.15, -0.1) is 0 Å². The van der Waals surface area contributed by atoms with Crippen LogP contribution in [0.2, 0.25) is 0 Å². The van der Waals surface area contributed by atoms with Crippen molar-refractivity contribution in [1.29, 1.82) is 0 Å². The lowest BCUT2D eigenvalue weighted by Gasteiger charge is -2.24. The predicted octanol–water partition coefficient (Wildman–Crippen LogP) is 10.8. The maximum Gasteiger partial charge on any atom is 0.303 e. The van der Waals surface area contributed by atoms with Crippen molar-refractivity contribution in [2.45, 2.75) is 187 Å². The number of carboxylic acid groups (broad SMARTS) is 1. The first-order valence-electron chi connectivity index (χ1n) is 15.9. The molecule has 0 aliphatic rings. The molecule has 0 aromatic rings. The Bertz CT molecular complexity index is 397. The van der Waals surface area contributed by atoms with Gasteiger partial charge >= 0.3 is 5.97 Å². The van der Waals surface area contributed by atoms with E-state index in [1.54, 1.807) is 0 Å². The zero-order valence-corrected chi connectivity index (χ0v) is 25.1. The van der Waals surface area contributed by atoms with Gasteiger partial charge in [-0.3, -0.25) is 4.79 Å². The van der Waals surface area contributed by atoms with Crippen LogP contribution < -0.4 is 0 Å². The molecule has 1 unspecified atom stereocenters. The summed E-state index contributed by atoms with van der Waals surface area (Å²) in [6, 6.07) is 0.826. The van der Waals surface area contributed by atoms with E-state index in [0.717, 1.165) is 18.9 Å². The van der Waals surface area contributed by atoms with Gasteiger partial charge in [-0.2, -0.15) is 0 Å². The number of aliphatic carboxylic acids is 1. The fourth-order valence-corrected chi connectivity index (χ4v) is 4.74. The van der Waals surface area contributed by atoms with Crippen molar-refractivity contribution in [2.24, 2.45) is 0 Å². The maximum absolute atomic E-state index is 10.2. The van der Waals surface area contributed by atoms with Gasteiger partial charge in [0, 0.05) is 12.5 Å². The summed E-state index contributed by atoms with van der Waals surface area (Å²) in [5, 5.41) is 8.41. The second-order valence-electron chi connectivity index (χ2n) is 11.1. The van der Waals surface area contributed by atoms with Gasteiger partial charge in [-0.05, 0) is 33.4 Å². The Balaban J connectivity index is 0. The second-order valence-corrected chi connectivity index (χ2v) is 11.1. The minimum Gasteiger partial charge on any atom is -0.481 e. The largest absolute Gasteiger partial charge is 0.481 e. The Morgan fingerprint density at radius 3 is 1.09 bits per heavy atom. The molecule has 3 nitrogen and oxygen atoms in total. The number of nitrogens with zero attached hydrogens (tertiary/aromatic N) is 1. The zero-order valence-electron chi connectivity index (χ0n) is 25.1. The Labute approximate surface area is 222 Å². The van der Waals surface area contributed by atoms with E-state index in [4.69, 9.17) is 5.11 Å². The van der Waals surface area contributed by atoms with Crippen molar-refractivity contribution in [3.05, 3.63) is 0 Å². The van der Waals surface area contributed by atoms with Crippen molar-refractivity contribution >= 4 is 5.97 Å². The fourth-order valence-electron chi connectivity index (χ4n) is 4.74. The van der Waals surface area contributed by atoms with Crippen LogP contribution in [0, 0.1) is 0 Å². The topological polar surface area (TPSA) is 40.5 Å². The highest BCUT2D eigenvalue weighted by atomic mass is 16.4. The quantitative estimate of drug-likeness (QED) is 0.121. The number of hydrogen-bond donors (Lipinski definition) is 1. The Hall–Kier alpha value is -0.570. The molecule has 0 saturated heterocycles. The molecular formula is C32H67NO2. The summed E-state index contributed by atoms with van der Waals surface area (Å²) in [6.07, 6.45) is 32.9. The second kappa shape index (κ2) is 31.5. The van der Waals surface area contributed by atoms with Crippen LogP contribution in [-0.2, 0) is 4.79 Å². The summed E-state index contributed by atoms with van der Waals surface area (Å²) in [5.74, 6) is -0.659. The minimum atomic E-state index is -0.659. The third-order valence-electron chi connectivity index (χ3n) is 7.26. The average molecular weight is 498 g/mol. The predicted molar refractivity (Wildman–Crippen MR) is 158 cm³/mol. The third-order valence-corrected chi connectivity index (χ3v) is 7.26. The first-order valence-corrected chi connectivity index (χ1v) is 15.9. The number of carbonyl (C=O) groups is 1. The molecule has 0 rings (SSSR count). The molecule has 0 aromatic heterocycles. The van der Waals surface area contributed by atoms with Crippen molar-refractivity contribution in [3.8, 4) is 0 Å². The van der Waals surface area contributed by atoms with Crippen molar-refractivity contribution < 1.29 is 9.90 Å². The molecule has 0 bridgehead atoms. The molecule has 0 saturated carbocycles. The van der Waals surface area contributed by atoms with Crippen LogP contribution in [0.15, 0.2) is 0 Å². The molecule has 0 heterocycles. The Kier molecular flexibility index (Phi) is 32.9. The summed E-state index contributed by atoms with van der Waals surface area (Å²) in [5.41, 5.74) is 0. The van der Waals surface area contributed by atoms with Crippen LogP contribution in [-0.4, -0.2) is 36.1 Å². The highest BCUT2D eigenvalue weighted by molar-refractivity contribution is 5.66. The molecular weight excluding hydrogens is 430 g/mol. The third kappa shape index (κ3) is 33.4. The van der Waals surface area contributed by atoms with Crippen LogP contribution in [0.4, 0.5) is 0 Å². The maximum atomic E-state index is 10.2. The molecule has 0 spiro atoms. The van der Waals surface area contributed by atoms with Crippen LogP contribution in [0.3, 0.4) is 0 Å². The summed E-state index contributed by atoms with van der Waals surface area (Å²) in [4.78, 5) is 12.7. The van der Waals surface area contributed by atoms with Crippen LogP contribution in [0.1, 0.15) is 181 Å². The van der Waals surface area contributed by atoms with E-state index >= 15 is 0 Å². The van der Waals surface area contributed by atoms with Gasteiger partial charge in [0.25, 0.3) is 0 Å². The van der Waals surface area contributed by atoms with Gasteiger partial charge in [-0.25, -0.2) is 0 Å². The first kappa shape index (κ1) is 36.6. The highest BCUT2D eigenvalue weighted by Crippen LogP contribution is 2.17. The van der Waals surface area contributed by atoms with E-state index in [2.05, 4.69) is 39.8 Å². The lowest BCUT2D eigenvalue weighted by molar-refractivity contribution is -0.137. The number of hydrogen-bond acceptors (Lipinski definition) is 2. The molecule has 1 N–H and O–H groups in total. The molecule has 0 radical (unpaired) electrons. The molecule has 35 heavy (non-hydrogen) atoms. The number of carboxylic acids is 1. The van der Waals surface area contributed by atoms with Crippen molar-refractivity contribution in [1.82, 2.24) is 4.90 Å². The van der Waals surface area contributed by atoms with Crippen molar-refractivity contribution in [3.63, 3.8) is 0 Å². The highest BCUT2D eigenvalue weighted by Gasteiger charge is 2.10. The smallest absolute Gasteiger partial charge is 0.303 e. The van der Waals surface area contributed by atoms with E-state index in [1.807, 2.05) is 0 Å². The molecule has 3 heteroatoms. The van der Waals surface area contributed by atoms with Gasteiger partial charge in [0.05, 0.1) is 0 Å². The zero-order chi connectivity index (χ0) is 26.4. The fraction of sp³-hybridized carbons (Fsp3) is 0.969. The number of rotatable bonds is 26. The molecule has 0 aliphatic carbocycles. The van der Waals surface area contributed by atoms with Gasteiger partial charge in [-0.1, -0.05) is 156 Å². The molecule has 1 atom stereocenters. The van der Waals surface area contributed by atoms with Gasteiger partial charge in [0.2, 0.25) is 0 Å². The van der Waals surface area contributed by atoms with Gasteiger partial charge < -0.3 is 10.0 Å². The summed E-state index contributed by atoms with van der Waals surface area (Å²) in [6.45, 7) is 6.82. The van der Waals surface area contributed by atoms with E-state index in [0.29, 0.717) is 6.42 Å². The lowest BCUT2D eigenvalue weighted by Crippen LogP contribution is -2.27. The standard InChI is InChI=1S/C20H43N.C12H24O2/c1-5-7-9-11-13-15-17-19-20(21(3)4)18-16-14-12-10-8-6-2;1-2-3-4-5-6-7-8-9-10-11-12(13)14/h20H,5-19H2,1-4H3;2-11H2,1H3,(H,13,14). The summed E-state index contributed by atoms with van der Waals surface area (Å²) < 4.78 is 0. The molecule has 0 aromatic carbocycles. The first-order chi connectivity index (χ1) is 17.0. The van der Waals surface area contributed by atoms with Crippen LogP contribution >= 0.6 is 0 Å². The summed E-state index contributed by atoms with van der Waals surface area (Å²) in [7, 11) is 4.53. The lowest BCUT2D eigenvalue weighted by atomic mass is 9.99. The van der Waals surface area contributed by atoms with Crippen molar-refractivity contribution in [2.75, 3.05) is 14.1 Å². The van der Waals surface area contributed by atoms with Gasteiger partial charge in [0.15, 0.2) is 0 Å². The van der Waals surface area contributed by atoms with E-state index < -0.39 is 5.97 Å².